The van der Waals surface area contributed by atoms with Crippen molar-refractivity contribution >= 4 is 35.1 Å². The first-order valence-corrected chi connectivity index (χ1v) is 7.87. The molecule has 2 amide bonds. The molecule has 0 saturated carbocycles. The summed E-state index contributed by atoms with van der Waals surface area (Å²) < 4.78 is 0. The maximum absolute atomic E-state index is 12.0. The molecule has 0 spiro atoms. The fraction of sp³-hybridized carbons (Fsp3) is 0.500. The molecular formula is C12H16N2O3S2. The van der Waals surface area contributed by atoms with Crippen molar-refractivity contribution < 1.29 is 14.7 Å². The van der Waals surface area contributed by atoms with Crippen molar-refractivity contribution in [2.45, 2.75) is 26.4 Å². The van der Waals surface area contributed by atoms with E-state index in [-0.39, 0.29) is 6.03 Å². The number of nitrogens with one attached hydrogen (secondary N) is 1. The summed E-state index contributed by atoms with van der Waals surface area (Å²) >= 11 is 3.11. The Labute approximate surface area is 120 Å². The maximum atomic E-state index is 12.0. The summed E-state index contributed by atoms with van der Waals surface area (Å²) in [6.07, 6.45) is 0. The monoisotopic (exact) mass is 300 g/mol. The molecule has 1 aromatic rings. The first kappa shape index (κ1) is 14.2. The van der Waals surface area contributed by atoms with E-state index in [4.69, 9.17) is 5.11 Å². The van der Waals surface area contributed by atoms with Crippen LogP contribution in [0.3, 0.4) is 0 Å². The molecule has 5 nitrogen and oxygen atoms in total. The largest absolute Gasteiger partial charge is 0.480 e. The smallest absolute Gasteiger partial charge is 0.327 e. The molecule has 1 fully saturated rings. The van der Waals surface area contributed by atoms with E-state index in [0.717, 1.165) is 4.88 Å². The number of thiophene rings is 1. The Bertz CT molecular complexity index is 482. The van der Waals surface area contributed by atoms with Crippen LogP contribution in [0.4, 0.5) is 4.79 Å². The van der Waals surface area contributed by atoms with Crippen molar-refractivity contribution in [1.82, 2.24) is 10.2 Å². The van der Waals surface area contributed by atoms with Gasteiger partial charge in [-0.2, -0.15) is 0 Å². The van der Waals surface area contributed by atoms with Crippen LogP contribution in [-0.4, -0.2) is 39.7 Å². The van der Waals surface area contributed by atoms with Crippen molar-refractivity contribution in [2.24, 2.45) is 0 Å². The lowest BCUT2D eigenvalue weighted by Gasteiger charge is -2.20. The number of aryl methyl sites for hydroxylation is 2. The second-order valence-corrected chi connectivity index (χ2v) is 6.77. The number of carboxylic acids is 1. The number of thioether (sulfide) groups is 1. The second-order valence-electron chi connectivity index (χ2n) is 4.43. The molecule has 104 valence electrons. The summed E-state index contributed by atoms with van der Waals surface area (Å²) in [7, 11) is 0. The molecule has 2 N–H and O–H groups in total. The summed E-state index contributed by atoms with van der Waals surface area (Å²) in [5.41, 5.74) is 1.22. The van der Waals surface area contributed by atoms with Crippen LogP contribution in [0.25, 0.3) is 0 Å². The van der Waals surface area contributed by atoms with Gasteiger partial charge in [0.05, 0.1) is 12.4 Å². The fourth-order valence-corrected chi connectivity index (χ4v) is 3.99. The Kier molecular flexibility index (Phi) is 4.36. The van der Waals surface area contributed by atoms with Crippen LogP contribution in [0.5, 0.6) is 0 Å². The molecule has 1 atom stereocenters. The topological polar surface area (TPSA) is 69.6 Å². The minimum absolute atomic E-state index is 0.305. The van der Waals surface area contributed by atoms with Gasteiger partial charge in [-0.15, -0.1) is 23.1 Å². The van der Waals surface area contributed by atoms with Crippen molar-refractivity contribution in [1.29, 1.82) is 0 Å². The maximum Gasteiger partial charge on any atom is 0.327 e. The third-order valence-electron chi connectivity index (χ3n) is 3.06. The molecule has 0 bridgehead atoms. The fourth-order valence-electron chi connectivity index (χ4n) is 1.85. The van der Waals surface area contributed by atoms with Crippen molar-refractivity contribution in [3.05, 3.63) is 21.4 Å². The number of hydrogen-bond acceptors (Lipinski definition) is 4. The highest BCUT2D eigenvalue weighted by molar-refractivity contribution is 7.99. The SMILES string of the molecule is Cc1cc(CNC(=O)N2CSC[C@H]2C(=O)O)sc1C. The highest BCUT2D eigenvalue weighted by atomic mass is 32.2. The lowest BCUT2D eigenvalue weighted by molar-refractivity contribution is -0.140. The number of aliphatic carboxylic acids is 1. The van der Waals surface area contributed by atoms with Crippen LogP contribution in [0, 0.1) is 13.8 Å². The summed E-state index contributed by atoms with van der Waals surface area (Å²) in [6.45, 7) is 4.53. The van der Waals surface area contributed by atoms with Crippen LogP contribution in [0.2, 0.25) is 0 Å². The second kappa shape index (κ2) is 5.83. The lowest BCUT2D eigenvalue weighted by Crippen LogP contribution is -2.46. The Morgan fingerprint density at radius 3 is 2.84 bits per heavy atom. The first-order valence-electron chi connectivity index (χ1n) is 5.90. The van der Waals surface area contributed by atoms with Gasteiger partial charge in [0.25, 0.3) is 0 Å². The molecule has 1 saturated heterocycles. The van der Waals surface area contributed by atoms with E-state index >= 15 is 0 Å². The number of urea groups is 1. The van der Waals surface area contributed by atoms with Gasteiger partial charge in [0.2, 0.25) is 0 Å². The number of nitrogens with zero attached hydrogens (tertiary/aromatic N) is 1. The van der Waals surface area contributed by atoms with Gasteiger partial charge in [-0.25, -0.2) is 9.59 Å². The quantitative estimate of drug-likeness (QED) is 0.896. The van der Waals surface area contributed by atoms with Gasteiger partial charge in [0.1, 0.15) is 6.04 Å². The van der Waals surface area contributed by atoms with Gasteiger partial charge >= 0.3 is 12.0 Å². The summed E-state index contributed by atoms with van der Waals surface area (Å²) in [5.74, 6) is -0.0476. The molecule has 0 radical (unpaired) electrons. The third kappa shape index (κ3) is 3.22. The van der Waals surface area contributed by atoms with Crippen molar-refractivity contribution in [3.63, 3.8) is 0 Å². The summed E-state index contributed by atoms with van der Waals surface area (Å²) in [5, 5.41) is 11.8. The molecule has 1 aliphatic rings. The number of carboxylic acid groups (broad SMARTS) is 1. The van der Waals surface area contributed by atoms with E-state index in [1.54, 1.807) is 11.3 Å². The number of carbonyl (C=O) groups excluding carboxylic acids is 1. The predicted molar refractivity (Wildman–Crippen MR) is 76.6 cm³/mol. The van der Waals surface area contributed by atoms with Gasteiger partial charge in [-0.05, 0) is 25.5 Å². The molecule has 0 aromatic carbocycles. The summed E-state index contributed by atoms with van der Waals surface area (Å²) in [4.78, 5) is 26.7. The van der Waals surface area contributed by atoms with Gasteiger partial charge in [0.15, 0.2) is 0 Å². The average Bonchev–Trinajstić information content (AvgIpc) is 2.94. The zero-order valence-electron chi connectivity index (χ0n) is 10.8. The highest BCUT2D eigenvalue weighted by Crippen LogP contribution is 2.22. The Hall–Kier alpha value is -1.21. The number of carbonyl (C=O) groups is 2. The lowest BCUT2D eigenvalue weighted by atomic mass is 10.3. The van der Waals surface area contributed by atoms with Gasteiger partial charge in [-0.1, -0.05) is 0 Å². The minimum atomic E-state index is -0.942. The molecular weight excluding hydrogens is 284 g/mol. The molecule has 1 aromatic heterocycles. The van der Waals surface area contributed by atoms with Crippen LogP contribution in [0.15, 0.2) is 6.07 Å². The molecule has 19 heavy (non-hydrogen) atoms. The Balaban J connectivity index is 1.92. The standard InChI is InChI=1S/C12H16N2O3S2/c1-7-3-9(19-8(7)2)4-13-12(17)14-6-18-5-10(14)11(15)16/h3,10H,4-6H2,1-2H3,(H,13,17)(H,15,16)/t10-/m0/s1. The zero-order chi connectivity index (χ0) is 14.0. The average molecular weight is 300 g/mol. The molecule has 0 unspecified atom stereocenters. The molecule has 2 heterocycles. The van der Waals surface area contributed by atoms with E-state index in [0.29, 0.717) is 18.2 Å². The third-order valence-corrected chi connectivity index (χ3v) is 5.22. The number of rotatable bonds is 3. The van der Waals surface area contributed by atoms with Crippen LogP contribution in [0.1, 0.15) is 15.3 Å². The minimum Gasteiger partial charge on any atom is -0.480 e. The molecule has 2 rings (SSSR count). The van der Waals surface area contributed by atoms with Crippen LogP contribution >= 0.6 is 23.1 Å². The van der Waals surface area contributed by atoms with E-state index in [2.05, 4.69) is 5.32 Å². The van der Waals surface area contributed by atoms with E-state index in [1.165, 1.54) is 27.1 Å². The molecule has 7 heteroatoms. The number of amides is 2. The molecule has 1 aliphatic heterocycles. The van der Waals surface area contributed by atoms with Gasteiger partial charge < -0.3 is 15.3 Å². The molecule has 0 aliphatic carbocycles. The Morgan fingerprint density at radius 2 is 2.26 bits per heavy atom. The van der Waals surface area contributed by atoms with Crippen molar-refractivity contribution in [3.8, 4) is 0 Å². The van der Waals surface area contributed by atoms with Gasteiger partial charge in [-0.3, -0.25) is 0 Å². The van der Waals surface area contributed by atoms with Crippen LogP contribution in [-0.2, 0) is 11.3 Å². The van der Waals surface area contributed by atoms with Crippen molar-refractivity contribution in [2.75, 3.05) is 11.6 Å². The van der Waals surface area contributed by atoms with E-state index < -0.39 is 12.0 Å². The van der Waals surface area contributed by atoms with E-state index in [9.17, 15) is 9.59 Å². The Morgan fingerprint density at radius 1 is 1.53 bits per heavy atom. The van der Waals surface area contributed by atoms with Gasteiger partial charge in [0, 0.05) is 15.5 Å². The first-order chi connectivity index (χ1) is 8.99. The number of hydrogen-bond donors (Lipinski definition) is 2. The highest BCUT2D eigenvalue weighted by Gasteiger charge is 2.34. The van der Waals surface area contributed by atoms with Crippen LogP contribution < -0.4 is 5.32 Å². The van der Waals surface area contributed by atoms with E-state index in [1.807, 2.05) is 19.9 Å². The predicted octanol–water partition coefficient (Wildman–Crippen LogP) is 2.03. The zero-order valence-corrected chi connectivity index (χ0v) is 12.4. The normalized spacial score (nSPS) is 18.6. The summed E-state index contributed by atoms with van der Waals surface area (Å²) in [6, 6.07) is 1.03.